The summed E-state index contributed by atoms with van der Waals surface area (Å²) in [5, 5.41) is 9.05. The van der Waals surface area contributed by atoms with Gasteiger partial charge in [0.1, 0.15) is 0 Å². The zero-order chi connectivity index (χ0) is 12.5. The van der Waals surface area contributed by atoms with Gasteiger partial charge in [-0.15, -0.1) is 0 Å². The van der Waals surface area contributed by atoms with Crippen LogP contribution in [-0.4, -0.2) is 23.4 Å². The molecular formula is C15H16N2O. The second kappa shape index (κ2) is 4.45. The number of carbonyl (C=O) groups excluding carboxylic acids is 1. The summed E-state index contributed by atoms with van der Waals surface area (Å²) < 4.78 is 0. The first-order valence-corrected chi connectivity index (χ1v) is 6.58. The molecule has 1 aromatic carbocycles. The van der Waals surface area contributed by atoms with Crippen molar-refractivity contribution in [2.24, 2.45) is 5.92 Å². The Morgan fingerprint density at radius 1 is 1.22 bits per heavy atom. The summed E-state index contributed by atoms with van der Waals surface area (Å²) in [6.45, 7) is 0.605. The van der Waals surface area contributed by atoms with Crippen molar-refractivity contribution >= 4 is 5.91 Å². The van der Waals surface area contributed by atoms with Gasteiger partial charge in [0.05, 0.1) is 12.0 Å². The van der Waals surface area contributed by atoms with Crippen molar-refractivity contribution in [3.8, 4) is 6.07 Å². The maximum Gasteiger partial charge on any atom is 0.254 e. The van der Waals surface area contributed by atoms with Crippen LogP contribution in [0.1, 0.15) is 35.2 Å². The van der Waals surface area contributed by atoms with E-state index in [-0.39, 0.29) is 11.8 Å². The van der Waals surface area contributed by atoms with Crippen LogP contribution in [0.5, 0.6) is 0 Å². The summed E-state index contributed by atoms with van der Waals surface area (Å²) >= 11 is 0. The van der Waals surface area contributed by atoms with Crippen LogP contribution < -0.4 is 0 Å². The summed E-state index contributed by atoms with van der Waals surface area (Å²) in [6, 6.07) is 10.5. The normalized spacial score (nSPS) is 26.8. The first-order chi connectivity index (χ1) is 8.79. The highest BCUT2D eigenvalue weighted by Gasteiger charge is 2.34. The Kier molecular flexibility index (Phi) is 2.79. The van der Waals surface area contributed by atoms with Gasteiger partial charge in [0.2, 0.25) is 0 Å². The molecular weight excluding hydrogens is 224 g/mol. The van der Waals surface area contributed by atoms with E-state index >= 15 is 0 Å². The summed E-state index contributed by atoms with van der Waals surface area (Å²) in [4.78, 5) is 14.5. The van der Waals surface area contributed by atoms with Crippen molar-refractivity contribution in [2.45, 2.75) is 31.7 Å². The smallest absolute Gasteiger partial charge is 0.254 e. The van der Waals surface area contributed by atoms with Crippen LogP contribution in [0, 0.1) is 17.2 Å². The maximum atomic E-state index is 12.5. The number of nitriles is 1. The minimum absolute atomic E-state index is 0.00969. The van der Waals surface area contributed by atoms with Gasteiger partial charge in [0, 0.05) is 18.2 Å². The zero-order valence-electron chi connectivity index (χ0n) is 10.3. The molecule has 0 saturated carbocycles. The third-order valence-electron chi connectivity index (χ3n) is 4.14. The lowest BCUT2D eigenvalue weighted by Crippen LogP contribution is -2.45. The maximum absolute atomic E-state index is 12.5. The lowest BCUT2D eigenvalue weighted by molar-refractivity contribution is 0.0574. The van der Waals surface area contributed by atoms with E-state index < -0.39 is 0 Å². The Morgan fingerprint density at radius 2 is 2.06 bits per heavy atom. The Balaban J connectivity index is 1.95. The molecule has 1 amide bonds. The predicted molar refractivity (Wildman–Crippen MR) is 67.9 cm³/mol. The second-order valence-corrected chi connectivity index (χ2v) is 5.21. The molecule has 0 bridgehead atoms. The number of piperidine rings is 1. The topological polar surface area (TPSA) is 44.1 Å². The molecule has 0 aliphatic carbocycles. The Hall–Kier alpha value is -1.82. The predicted octanol–water partition coefficient (Wildman–Crippen LogP) is 2.38. The van der Waals surface area contributed by atoms with Crippen LogP contribution in [0.15, 0.2) is 24.3 Å². The molecule has 0 N–H and O–H groups in total. The number of hydrogen-bond acceptors (Lipinski definition) is 2. The van der Waals surface area contributed by atoms with Crippen molar-refractivity contribution in [1.29, 1.82) is 5.26 Å². The molecule has 3 rings (SSSR count). The number of hydrogen-bond donors (Lipinski definition) is 0. The van der Waals surface area contributed by atoms with Gasteiger partial charge in [0.25, 0.3) is 5.91 Å². The van der Waals surface area contributed by atoms with E-state index in [9.17, 15) is 4.79 Å². The van der Waals surface area contributed by atoms with Crippen molar-refractivity contribution in [3.05, 3.63) is 35.4 Å². The number of fused-ring (bicyclic) bond motifs is 2. The number of benzene rings is 1. The SMILES string of the molecule is N#C[C@@H]1CC[C@H]2CCc3ccccc3C(=O)N2C1. The Morgan fingerprint density at radius 3 is 2.89 bits per heavy atom. The summed E-state index contributed by atoms with van der Waals surface area (Å²) in [7, 11) is 0. The van der Waals surface area contributed by atoms with Crippen LogP contribution in [0.3, 0.4) is 0 Å². The van der Waals surface area contributed by atoms with Gasteiger partial charge in [0.15, 0.2) is 0 Å². The lowest BCUT2D eigenvalue weighted by Gasteiger charge is -2.36. The van der Waals surface area contributed by atoms with Crippen LogP contribution in [0.25, 0.3) is 0 Å². The standard InChI is InChI=1S/C15H16N2O/c16-9-11-5-7-13-8-6-12-3-1-2-4-14(12)15(18)17(13)10-11/h1-4,11,13H,5-8,10H2/t11-,13-/m0/s1. The highest BCUT2D eigenvalue weighted by atomic mass is 16.2. The fraction of sp³-hybridized carbons (Fsp3) is 0.467. The first kappa shape index (κ1) is 11.3. The largest absolute Gasteiger partial charge is 0.334 e. The minimum atomic E-state index is 0.00969. The molecule has 1 fully saturated rings. The number of rotatable bonds is 0. The van der Waals surface area contributed by atoms with E-state index in [0.29, 0.717) is 12.6 Å². The Labute approximate surface area is 107 Å². The second-order valence-electron chi connectivity index (χ2n) is 5.21. The Bertz CT molecular complexity index is 517. The van der Waals surface area contributed by atoms with Crippen molar-refractivity contribution in [1.82, 2.24) is 4.90 Å². The molecule has 2 aliphatic rings. The van der Waals surface area contributed by atoms with E-state index in [1.165, 1.54) is 0 Å². The van der Waals surface area contributed by atoms with Crippen LogP contribution in [-0.2, 0) is 6.42 Å². The number of amides is 1. The van der Waals surface area contributed by atoms with Crippen LogP contribution >= 0.6 is 0 Å². The van der Waals surface area contributed by atoms with Crippen molar-refractivity contribution in [3.63, 3.8) is 0 Å². The molecule has 3 heteroatoms. The summed E-state index contributed by atoms with van der Waals surface area (Å²) in [5.41, 5.74) is 1.99. The van der Waals surface area contributed by atoms with Gasteiger partial charge in [-0.2, -0.15) is 5.26 Å². The van der Waals surface area contributed by atoms with E-state index in [4.69, 9.17) is 5.26 Å². The molecule has 2 heterocycles. The third kappa shape index (κ3) is 1.78. The van der Waals surface area contributed by atoms with Crippen molar-refractivity contribution < 1.29 is 4.79 Å². The molecule has 0 aromatic heterocycles. The van der Waals surface area contributed by atoms with Gasteiger partial charge >= 0.3 is 0 Å². The monoisotopic (exact) mass is 240 g/mol. The van der Waals surface area contributed by atoms with E-state index in [1.54, 1.807) is 0 Å². The van der Waals surface area contributed by atoms with E-state index in [1.807, 2.05) is 29.2 Å². The van der Waals surface area contributed by atoms with Gasteiger partial charge in [-0.25, -0.2) is 0 Å². The molecule has 0 radical (unpaired) electrons. The molecule has 0 spiro atoms. The van der Waals surface area contributed by atoms with Crippen LogP contribution in [0.2, 0.25) is 0 Å². The van der Waals surface area contributed by atoms with Crippen LogP contribution in [0.4, 0.5) is 0 Å². The van der Waals surface area contributed by atoms with E-state index in [0.717, 1.165) is 36.8 Å². The summed E-state index contributed by atoms with van der Waals surface area (Å²) in [6.07, 6.45) is 3.90. The van der Waals surface area contributed by atoms with Gasteiger partial charge < -0.3 is 4.90 Å². The minimum Gasteiger partial charge on any atom is -0.334 e. The zero-order valence-corrected chi connectivity index (χ0v) is 10.3. The highest BCUT2D eigenvalue weighted by molar-refractivity contribution is 5.96. The number of nitrogens with zero attached hydrogens (tertiary/aromatic N) is 2. The van der Waals surface area contributed by atoms with Gasteiger partial charge in [-0.1, -0.05) is 18.2 Å². The first-order valence-electron chi connectivity index (χ1n) is 6.58. The molecule has 1 saturated heterocycles. The van der Waals surface area contributed by atoms with Gasteiger partial charge in [-0.3, -0.25) is 4.79 Å². The third-order valence-corrected chi connectivity index (χ3v) is 4.14. The molecule has 18 heavy (non-hydrogen) atoms. The molecule has 3 nitrogen and oxygen atoms in total. The average Bonchev–Trinajstić information content (AvgIpc) is 2.57. The van der Waals surface area contributed by atoms with Crippen molar-refractivity contribution in [2.75, 3.05) is 6.54 Å². The van der Waals surface area contributed by atoms with E-state index in [2.05, 4.69) is 6.07 Å². The highest BCUT2D eigenvalue weighted by Crippen LogP contribution is 2.30. The molecule has 2 aliphatic heterocycles. The number of aryl methyl sites for hydroxylation is 1. The lowest BCUT2D eigenvalue weighted by atomic mass is 9.92. The molecule has 0 unspecified atom stereocenters. The average molecular weight is 240 g/mol. The number of carbonyl (C=O) groups is 1. The summed E-state index contributed by atoms with van der Waals surface area (Å²) in [5.74, 6) is 0.128. The molecule has 2 atom stereocenters. The fourth-order valence-electron chi connectivity index (χ4n) is 3.11. The molecule has 92 valence electrons. The molecule has 1 aromatic rings. The van der Waals surface area contributed by atoms with Gasteiger partial charge in [-0.05, 0) is 37.3 Å². The fourth-order valence-corrected chi connectivity index (χ4v) is 3.11. The quantitative estimate of drug-likeness (QED) is 0.698.